The summed E-state index contributed by atoms with van der Waals surface area (Å²) in [6.45, 7) is 0. The summed E-state index contributed by atoms with van der Waals surface area (Å²) >= 11 is 0. The maximum Gasteiger partial charge on any atom is 0.255 e. The lowest BCUT2D eigenvalue weighted by atomic mass is 10.2. The highest BCUT2D eigenvalue weighted by atomic mass is 16.2. The number of nitrogens with one attached hydrogen (secondary N) is 2. The first-order chi connectivity index (χ1) is 9.72. The highest BCUT2D eigenvalue weighted by Crippen LogP contribution is 2.16. The number of para-hydroxylation sites is 1. The normalized spacial score (nSPS) is 10.4. The lowest BCUT2D eigenvalue weighted by Gasteiger charge is -2.05. The van der Waals surface area contributed by atoms with Crippen molar-refractivity contribution in [2.24, 2.45) is 0 Å². The second-order valence-corrected chi connectivity index (χ2v) is 4.31. The Balaban J connectivity index is 1.89. The van der Waals surface area contributed by atoms with Crippen LogP contribution in [0.25, 0.3) is 10.9 Å². The van der Waals surface area contributed by atoms with E-state index in [9.17, 15) is 9.59 Å². The number of amides is 1. The molecule has 0 fully saturated rings. The Morgan fingerprint density at radius 1 is 1.15 bits per heavy atom. The molecule has 1 amide bonds. The van der Waals surface area contributed by atoms with E-state index in [1.165, 1.54) is 12.3 Å². The molecule has 5 nitrogen and oxygen atoms in total. The summed E-state index contributed by atoms with van der Waals surface area (Å²) in [5.41, 5.74) is 1.45. The second kappa shape index (κ2) is 4.97. The highest BCUT2D eigenvalue weighted by Gasteiger charge is 2.07. The molecule has 0 saturated heterocycles. The summed E-state index contributed by atoms with van der Waals surface area (Å²) in [5.74, 6) is -0.340. The Kier molecular flexibility index (Phi) is 3.01. The number of benzene rings is 1. The number of hydrogen-bond donors (Lipinski definition) is 2. The summed E-state index contributed by atoms with van der Waals surface area (Å²) in [7, 11) is 0. The number of rotatable bonds is 2. The molecular weight excluding hydrogens is 254 g/mol. The van der Waals surface area contributed by atoms with E-state index in [2.05, 4.69) is 15.3 Å². The maximum absolute atomic E-state index is 12.0. The van der Waals surface area contributed by atoms with Crippen LogP contribution in [0.4, 0.5) is 5.69 Å². The Bertz CT molecular complexity index is 839. The SMILES string of the molecule is O=C(Nc1cnc2ccccc2c1)c1cc[nH]c(=O)c1. The number of H-pyrrole nitrogens is 1. The van der Waals surface area contributed by atoms with Gasteiger partial charge < -0.3 is 10.3 Å². The van der Waals surface area contributed by atoms with Gasteiger partial charge in [-0.1, -0.05) is 18.2 Å². The smallest absolute Gasteiger partial charge is 0.255 e. The largest absolute Gasteiger partial charge is 0.329 e. The van der Waals surface area contributed by atoms with E-state index >= 15 is 0 Å². The number of aromatic amines is 1. The van der Waals surface area contributed by atoms with Crippen molar-refractivity contribution >= 4 is 22.5 Å². The zero-order valence-corrected chi connectivity index (χ0v) is 10.5. The number of pyridine rings is 2. The summed E-state index contributed by atoms with van der Waals surface area (Å²) in [4.78, 5) is 29.9. The standard InChI is InChI=1S/C15H11N3O2/c19-14-8-11(5-6-16-14)15(20)18-12-7-10-3-1-2-4-13(10)17-9-12/h1-9H,(H,16,19)(H,18,20). The number of hydrogen-bond acceptors (Lipinski definition) is 3. The van der Waals surface area contributed by atoms with Gasteiger partial charge >= 0.3 is 0 Å². The van der Waals surface area contributed by atoms with Crippen molar-refractivity contribution in [1.82, 2.24) is 9.97 Å². The van der Waals surface area contributed by atoms with E-state index in [0.717, 1.165) is 10.9 Å². The predicted octanol–water partition coefficient (Wildman–Crippen LogP) is 2.18. The first-order valence-electron chi connectivity index (χ1n) is 6.07. The molecule has 2 N–H and O–H groups in total. The summed E-state index contributed by atoms with van der Waals surface area (Å²) in [5, 5.41) is 3.66. The molecule has 5 heteroatoms. The van der Waals surface area contributed by atoms with Crippen molar-refractivity contribution in [3.63, 3.8) is 0 Å². The van der Waals surface area contributed by atoms with Crippen LogP contribution in [0.3, 0.4) is 0 Å². The van der Waals surface area contributed by atoms with Gasteiger partial charge in [-0.15, -0.1) is 0 Å². The predicted molar refractivity (Wildman–Crippen MR) is 76.8 cm³/mol. The van der Waals surface area contributed by atoms with E-state index in [0.29, 0.717) is 11.3 Å². The van der Waals surface area contributed by atoms with E-state index in [1.54, 1.807) is 12.3 Å². The van der Waals surface area contributed by atoms with Gasteiger partial charge in [-0.2, -0.15) is 0 Å². The molecule has 1 aromatic carbocycles. The summed E-state index contributed by atoms with van der Waals surface area (Å²) in [6, 6.07) is 12.3. The average Bonchev–Trinajstić information content (AvgIpc) is 2.47. The van der Waals surface area contributed by atoms with Crippen LogP contribution in [0.2, 0.25) is 0 Å². The first kappa shape index (κ1) is 12.1. The lowest BCUT2D eigenvalue weighted by Crippen LogP contribution is -2.15. The molecule has 0 bridgehead atoms. The van der Waals surface area contributed by atoms with Gasteiger partial charge in [0.1, 0.15) is 0 Å². The third-order valence-electron chi connectivity index (χ3n) is 2.89. The molecule has 2 aromatic heterocycles. The summed E-state index contributed by atoms with van der Waals surface area (Å²) < 4.78 is 0. The third-order valence-corrected chi connectivity index (χ3v) is 2.89. The van der Waals surface area contributed by atoms with Gasteiger partial charge in [0.05, 0.1) is 17.4 Å². The van der Waals surface area contributed by atoms with Crippen molar-refractivity contribution in [2.45, 2.75) is 0 Å². The molecule has 0 aliphatic heterocycles. The van der Waals surface area contributed by atoms with Crippen LogP contribution in [0.5, 0.6) is 0 Å². The molecule has 0 aliphatic carbocycles. The van der Waals surface area contributed by atoms with Crippen molar-refractivity contribution in [3.8, 4) is 0 Å². The maximum atomic E-state index is 12.0. The Labute approximate surface area is 114 Å². The molecule has 20 heavy (non-hydrogen) atoms. The summed E-state index contributed by atoms with van der Waals surface area (Å²) in [6.07, 6.45) is 3.03. The zero-order valence-electron chi connectivity index (χ0n) is 10.5. The third kappa shape index (κ3) is 2.42. The molecule has 0 unspecified atom stereocenters. The fourth-order valence-corrected chi connectivity index (χ4v) is 1.93. The quantitative estimate of drug-likeness (QED) is 0.745. The molecule has 0 atom stereocenters. The van der Waals surface area contributed by atoms with E-state index in [4.69, 9.17) is 0 Å². The van der Waals surface area contributed by atoms with E-state index in [-0.39, 0.29) is 11.5 Å². The van der Waals surface area contributed by atoms with E-state index in [1.807, 2.05) is 30.3 Å². The number of aromatic nitrogens is 2. The van der Waals surface area contributed by atoms with Crippen LogP contribution in [0.1, 0.15) is 10.4 Å². The van der Waals surface area contributed by atoms with Crippen molar-refractivity contribution < 1.29 is 4.79 Å². The highest BCUT2D eigenvalue weighted by molar-refractivity contribution is 6.04. The molecule has 3 aromatic rings. The number of carbonyl (C=O) groups is 1. The minimum Gasteiger partial charge on any atom is -0.329 e. The van der Waals surface area contributed by atoms with Gasteiger partial charge in [0, 0.05) is 23.2 Å². The van der Waals surface area contributed by atoms with Crippen LogP contribution >= 0.6 is 0 Å². The fraction of sp³-hybridized carbons (Fsp3) is 0. The topological polar surface area (TPSA) is 74.8 Å². The van der Waals surface area contributed by atoms with E-state index < -0.39 is 0 Å². The van der Waals surface area contributed by atoms with Gasteiger partial charge in [0.2, 0.25) is 5.56 Å². The molecule has 0 aliphatic rings. The molecular formula is C15H11N3O2. The van der Waals surface area contributed by atoms with Crippen LogP contribution < -0.4 is 10.9 Å². The van der Waals surface area contributed by atoms with Gasteiger partial charge in [0.15, 0.2) is 0 Å². The Morgan fingerprint density at radius 2 is 2.00 bits per heavy atom. The average molecular weight is 265 g/mol. The molecule has 0 saturated carbocycles. The van der Waals surface area contributed by atoms with Crippen LogP contribution in [-0.4, -0.2) is 15.9 Å². The van der Waals surface area contributed by atoms with Crippen molar-refractivity contribution in [2.75, 3.05) is 5.32 Å². The minimum atomic E-state index is -0.340. The number of nitrogens with zero attached hydrogens (tertiary/aromatic N) is 1. The minimum absolute atomic E-state index is 0.307. The van der Waals surface area contributed by atoms with Crippen LogP contribution in [0, 0.1) is 0 Å². The molecule has 0 radical (unpaired) electrons. The molecule has 0 spiro atoms. The van der Waals surface area contributed by atoms with Crippen molar-refractivity contribution in [3.05, 3.63) is 70.8 Å². The number of fused-ring (bicyclic) bond motifs is 1. The number of carbonyl (C=O) groups excluding carboxylic acids is 1. The van der Waals surface area contributed by atoms with Gasteiger partial charge in [-0.05, 0) is 18.2 Å². The van der Waals surface area contributed by atoms with Gasteiger partial charge in [-0.25, -0.2) is 0 Å². The van der Waals surface area contributed by atoms with Gasteiger partial charge in [-0.3, -0.25) is 14.6 Å². The second-order valence-electron chi connectivity index (χ2n) is 4.31. The Morgan fingerprint density at radius 3 is 2.85 bits per heavy atom. The lowest BCUT2D eigenvalue weighted by molar-refractivity contribution is 0.102. The zero-order chi connectivity index (χ0) is 13.9. The molecule has 98 valence electrons. The fourth-order valence-electron chi connectivity index (χ4n) is 1.93. The van der Waals surface area contributed by atoms with Gasteiger partial charge in [0.25, 0.3) is 5.91 Å². The molecule has 3 rings (SSSR count). The van der Waals surface area contributed by atoms with Crippen LogP contribution in [0.15, 0.2) is 59.7 Å². The number of anilines is 1. The monoisotopic (exact) mass is 265 g/mol. The van der Waals surface area contributed by atoms with Crippen LogP contribution in [-0.2, 0) is 0 Å². The van der Waals surface area contributed by atoms with Crippen molar-refractivity contribution in [1.29, 1.82) is 0 Å². The first-order valence-corrected chi connectivity index (χ1v) is 6.07. The molecule has 2 heterocycles. The Hall–Kier alpha value is -2.95.